The van der Waals surface area contributed by atoms with Crippen molar-refractivity contribution in [2.24, 2.45) is 0 Å². The zero-order chi connectivity index (χ0) is 13.1. The molecule has 3 rings (SSSR count). The normalized spacial score (nSPS) is 22.9. The molecule has 1 heterocycles. The van der Waals surface area contributed by atoms with Gasteiger partial charge >= 0.3 is 0 Å². The van der Waals surface area contributed by atoms with E-state index in [2.05, 4.69) is 22.8 Å². The third-order valence-corrected chi connectivity index (χ3v) is 4.15. The standard InChI is InChI=1S/C16H22N2O/c1-19-14-8-6-13(7-9-14)18-16-15-5-3-2-4-12(15)10-11-17-16/h6-9,16-18H,2-5,10-11H2,1H3. The molecule has 1 aliphatic carbocycles. The Bertz CT molecular complexity index is 460. The van der Waals surface area contributed by atoms with Crippen LogP contribution in [0.4, 0.5) is 5.69 Å². The van der Waals surface area contributed by atoms with Crippen LogP contribution in [0.5, 0.6) is 5.75 Å². The summed E-state index contributed by atoms with van der Waals surface area (Å²) in [7, 11) is 1.70. The molecule has 1 unspecified atom stereocenters. The zero-order valence-corrected chi connectivity index (χ0v) is 11.5. The highest BCUT2D eigenvalue weighted by molar-refractivity contribution is 5.49. The van der Waals surface area contributed by atoms with Crippen molar-refractivity contribution in [2.45, 2.75) is 38.3 Å². The van der Waals surface area contributed by atoms with Gasteiger partial charge in [0.05, 0.1) is 13.3 Å². The Morgan fingerprint density at radius 2 is 1.89 bits per heavy atom. The van der Waals surface area contributed by atoms with Crippen LogP contribution in [0, 0.1) is 0 Å². The molecule has 0 fully saturated rings. The van der Waals surface area contributed by atoms with Crippen LogP contribution in [0.3, 0.4) is 0 Å². The average molecular weight is 258 g/mol. The Morgan fingerprint density at radius 3 is 2.68 bits per heavy atom. The van der Waals surface area contributed by atoms with Crippen LogP contribution in [0.2, 0.25) is 0 Å². The summed E-state index contributed by atoms with van der Waals surface area (Å²) < 4.78 is 5.19. The van der Waals surface area contributed by atoms with E-state index in [9.17, 15) is 0 Å². The number of anilines is 1. The van der Waals surface area contributed by atoms with Crippen molar-refractivity contribution in [1.29, 1.82) is 0 Å². The molecule has 1 atom stereocenters. The summed E-state index contributed by atoms with van der Waals surface area (Å²) in [6.07, 6.45) is 6.80. The smallest absolute Gasteiger partial charge is 0.119 e. The molecule has 1 aromatic carbocycles. The molecule has 0 saturated carbocycles. The van der Waals surface area contributed by atoms with Gasteiger partial charge in [0.2, 0.25) is 0 Å². The lowest BCUT2D eigenvalue weighted by Gasteiger charge is -2.34. The first-order valence-corrected chi connectivity index (χ1v) is 7.21. The monoisotopic (exact) mass is 258 g/mol. The number of methoxy groups -OCH3 is 1. The highest BCUT2D eigenvalue weighted by Gasteiger charge is 2.24. The topological polar surface area (TPSA) is 33.3 Å². The molecule has 2 aliphatic rings. The molecule has 0 radical (unpaired) electrons. The van der Waals surface area contributed by atoms with E-state index in [1.807, 2.05) is 12.1 Å². The van der Waals surface area contributed by atoms with Gasteiger partial charge in [0.1, 0.15) is 5.75 Å². The molecule has 3 heteroatoms. The first-order valence-electron chi connectivity index (χ1n) is 7.21. The van der Waals surface area contributed by atoms with Crippen molar-refractivity contribution in [3.8, 4) is 5.75 Å². The number of nitrogens with one attached hydrogen (secondary N) is 2. The molecule has 102 valence electrons. The molecule has 0 spiro atoms. The number of hydrogen-bond acceptors (Lipinski definition) is 3. The van der Waals surface area contributed by atoms with Gasteiger partial charge in [-0.15, -0.1) is 0 Å². The van der Waals surface area contributed by atoms with Gasteiger partial charge in [-0.1, -0.05) is 5.57 Å². The van der Waals surface area contributed by atoms with E-state index in [0.717, 1.165) is 18.0 Å². The van der Waals surface area contributed by atoms with E-state index in [1.165, 1.54) is 32.1 Å². The minimum Gasteiger partial charge on any atom is -0.497 e. The van der Waals surface area contributed by atoms with Gasteiger partial charge in [-0.25, -0.2) is 0 Å². The van der Waals surface area contributed by atoms with Gasteiger partial charge in [0.25, 0.3) is 0 Å². The summed E-state index contributed by atoms with van der Waals surface area (Å²) in [6, 6.07) is 8.17. The number of benzene rings is 1. The van der Waals surface area contributed by atoms with Crippen LogP contribution in [-0.4, -0.2) is 19.8 Å². The molecule has 0 saturated heterocycles. The SMILES string of the molecule is COc1ccc(NC2NCCC3=C2CCCC3)cc1. The number of ether oxygens (including phenoxy) is 1. The van der Waals surface area contributed by atoms with Gasteiger partial charge in [-0.3, -0.25) is 5.32 Å². The van der Waals surface area contributed by atoms with Gasteiger partial charge in [0.15, 0.2) is 0 Å². The minimum atomic E-state index is 0.317. The second-order valence-corrected chi connectivity index (χ2v) is 5.35. The summed E-state index contributed by atoms with van der Waals surface area (Å²) in [6.45, 7) is 1.09. The lowest BCUT2D eigenvalue weighted by molar-refractivity contribution is 0.415. The first-order chi connectivity index (χ1) is 9.36. The van der Waals surface area contributed by atoms with E-state index >= 15 is 0 Å². The van der Waals surface area contributed by atoms with E-state index in [1.54, 1.807) is 18.3 Å². The van der Waals surface area contributed by atoms with Crippen LogP contribution in [0.15, 0.2) is 35.4 Å². The molecule has 0 bridgehead atoms. The van der Waals surface area contributed by atoms with Crippen LogP contribution >= 0.6 is 0 Å². The highest BCUT2D eigenvalue weighted by Crippen LogP contribution is 2.32. The Labute approximate surface area is 115 Å². The van der Waals surface area contributed by atoms with Crippen molar-refractivity contribution in [1.82, 2.24) is 5.32 Å². The third-order valence-electron chi connectivity index (χ3n) is 4.15. The van der Waals surface area contributed by atoms with Crippen LogP contribution < -0.4 is 15.4 Å². The molecular weight excluding hydrogens is 236 g/mol. The number of rotatable bonds is 3. The van der Waals surface area contributed by atoms with Crippen molar-refractivity contribution in [3.05, 3.63) is 35.4 Å². The Hall–Kier alpha value is -1.48. The summed E-state index contributed by atoms with van der Waals surface area (Å²) in [5.74, 6) is 0.903. The number of hydrogen-bond donors (Lipinski definition) is 2. The maximum atomic E-state index is 5.19. The van der Waals surface area contributed by atoms with Gasteiger partial charge in [-0.05, 0) is 61.9 Å². The largest absolute Gasteiger partial charge is 0.497 e. The molecule has 2 N–H and O–H groups in total. The van der Waals surface area contributed by atoms with E-state index < -0.39 is 0 Å². The Kier molecular flexibility index (Phi) is 3.74. The predicted molar refractivity (Wildman–Crippen MR) is 78.5 cm³/mol. The van der Waals surface area contributed by atoms with E-state index in [-0.39, 0.29) is 0 Å². The molecule has 1 aliphatic heterocycles. The van der Waals surface area contributed by atoms with Gasteiger partial charge in [-0.2, -0.15) is 0 Å². The maximum Gasteiger partial charge on any atom is 0.119 e. The van der Waals surface area contributed by atoms with E-state index in [0.29, 0.717) is 6.17 Å². The van der Waals surface area contributed by atoms with E-state index in [4.69, 9.17) is 4.74 Å². The maximum absolute atomic E-state index is 5.19. The van der Waals surface area contributed by atoms with Crippen LogP contribution in [0.25, 0.3) is 0 Å². The van der Waals surface area contributed by atoms with Crippen LogP contribution in [0.1, 0.15) is 32.1 Å². The summed E-state index contributed by atoms with van der Waals surface area (Å²) >= 11 is 0. The highest BCUT2D eigenvalue weighted by atomic mass is 16.5. The fraction of sp³-hybridized carbons (Fsp3) is 0.500. The fourth-order valence-corrected chi connectivity index (χ4v) is 3.11. The fourth-order valence-electron chi connectivity index (χ4n) is 3.11. The molecule has 0 aromatic heterocycles. The summed E-state index contributed by atoms with van der Waals surface area (Å²) in [5, 5.41) is 7.20. The molecule has 19 heavy (non-hydrogen) atoms. The Morgan fingerprint density at radius 1 is 1.11 bits per heavy atom. The van der Waals surface area contributed by atoms with Crippen LogP contribution in [-0.2, 0) is 0 Å². The Balaban J connectivity index is 1.74. The second-order valence-electron chi connectivity index (χ2n) is 5.35. The third kappa shape index (κ3) is 2.76. The molecule has 1 aromatic rings. The van der Waals surface area contributed by atoms with Gasteiger partial charge < -0.3 is 10.1 Å². The zero-order valence-electron chi connectivity index (χ0n) is 11.5. The molecule has 3 nitrogen and oxygen atoms in total. The summed E-state index contributed by atoms with van der Waals surface area (Å²) in [5.41, 5.74) is 4.45. The quantitative estimate of drug-likeness (QED) is 0.816. The van der Waals surface area contributed by atoms with Gasteiger partial charge in [0, 0.05) is 12.2 Å². The van der Waals surface area contributed by atoms with Crippen molar-refractivity contribution >= 4 is 5.69 Å². The molecule has 0 amide bonds. The summed E-state index contributed by atoms with van der Waals surface area (Å²) in [4.78, 5) is 0. The minimum absolute atomic E-state index is 0.317. The second kappa shape index (κ2) is 5.66. The lowest BCUT2D eigenvalue weighted by atomic mass is 9.86. The average Bonchev–Trinajstić information content (AvgIpc) is 2.48. The predicted octanol–water partition coefficient (Wildman–Crippen LogP) is 3.30. The first kappa shape index (κ1) is 12.5. The van der Waals surface area contributed by atoms with Crippen molar-refractivity contribution in [3.63, 3.8) is 0 Å². The molecular formula is C16H22N2O. The lowest BCUT2D eigenvalue weighted by Crippen LogP contribution is -2.43. The van der Waals surface area contributed by atoms with Crippen molar-refractivity contribution in [2.75, 3.05) is 19.0 Å². The van der Waals surface area contributed by atoms with Crippen molar-refractivity contribution < 1.29 is 4.74 Å².